The van der Waals surface area contributed by atoms with Crippen LogP contribution in [0.4, 0.5) is 4.39 Å². The molecule has 0 radical (unpaired) electrons. The van der Waals surface area contributed by atoms with Crippen LogP contribution < -0.4 is 5.73 Å². The highest BCUT2D eigenvalue weighted by Crippen LogP contribution is 2.29. The molecule has 0 aromatic heterocycles. The molecular formula is C16H18FNS. The molecule has 2 rings (SSSR count). The zero-order chi connectivity index (χ0) is 13.7. The van der Waals surface area contributed by atoms with E-state index < -0.39 is 0 Å². The number of benzene rings is 2. The number of halogens is 1. The third-order valence-electron chi connectivity index (χ3n) is 3.11. The summed E-state index contributed by atoms with van der Waals surface area (Å²) >= 11 is 1.67. The molecule has 19 heavy (non-hydrogen) atoms. The zero-order valence-electron chi connectivity index (χ0n) is 11.0. The Kier molecular flexibility index (Phi) is 5.00. The second-order valence-electron chi connectivity index (χ2n) is 4.47. The van der Waals surface area contributed by atoms with Gasteiger partial charge in [-0.15, -0.1) is 11.8 Å². The summed E-state index contributed by atoms with van der Waals surface area (Å²) in [6.45, 7) is 2.57. The highest BCUT2D eigenvalue weighted by atomic mass is 32.2. The molecule has 0 spiro atoms. The van der Waals surface area contributed by atoms with E-state index >= 15 is 0 Å². The molecule has 0 saturated carbocycles. The zero-order valence-corrected chi connectivity index (χ0v) is 11.8. The number of thioether (sulfide) groups is 1. The minimum atomic E-state index is -0.153. The van der Waals surface area contributed by atoms with Gasteiger partial charge in [0.15, 0.2) is 0 Å². The van der Waals surface area contributed by atoms with Crippen LogP contribution in [0.25, 0.3) is 0 Å². The summed E-state index contributed by atoms with van der Waals surface area (Å²) in [7, 11) is 0. The molecule has 0 bridgehead atoms. The second kappa shape index (κ2) is 6.73. The first kappa shape index (κ1) is 14.1. The van der Waals surface area contributed by atoms with Crippen LogP contribution >= 0.6 is 11.8 Å². The van der Waals surface area contributed by atoms with E-state index in [-0.39, 0.29) is 5.82 Å². The predicted molar refractivity (Wildman–Crippen MR) is 79.9 cm³/mol. The molecule has 100 valence electrons. The molecule has 0 aliphatic carbocycles. The van der Waals surface area contributed by atoms with Crippen LogP contribution in [-0.4, -0.2) is 6.54 Å². The number of nitrogens with two attached hydrogens (primary N) is 1. The Hall–Kier alpha value is -1.32. The van der Waals surface area contributed by atoms with Gasteiger partial charge in [-0.05, 0) is 43.1 Å². The molecule has 0 saturated heterocycles. The van der Waals surface area contributed by atoms with Crippen molar-refractivity contribution in [3.8, 4) is 0 Å². The van der Waals surface area contributed by atoms with E-state index in [1.54, 1.807) is 17.8 Å². The van der Waals surface area contributed by atoms with Crippen molar-refractivity contribution in [2.24, 2.45) is 5.73 Å². The fourth-order valence-corrected chi connectivity index (χ4v) is 3.17. The molecule has 2 aromatic rings. The van der Waals surface area contributed by atoms with Crippen LogP contribution in [0, 0.1) is 12.7 Å². The largest absolute Gasteiger partial charge is 0.330 e. The highest BCUT2D eigenvalue weighted by molar-refractivity contribution is 7.98. The van der Waals surface area contributed by atoms with Gasteiger partial charge in [-0.1, -0.05) is 30.3 Å². The number of aryl methyl sites for hydroxylation is 1. The summed E-state index contributed by atoms with van der Waals surface area (Å²) in [6, 6.07) is 13.5. The molecule has 1 nitrogen and oxygen atoms in total. The second-order valence-corrected chi connectivity index (χ2v) is 5.49. The van der Waals surface area contributed by atoms with Gasteiger partial charge in [-0.2, -0.15) is 0 Å². The van der Waals surface area contributed by atoms with Crippen LogP contribution in [0.15, 0.2) is 47.4 Å². The van der Waals surface area contributed by atoms with Crippen molar-refractivity contribution in [3.63, 3.8) is 0 Å². The van der Waals surface area contributed by atoms with E-state index in [1.165, 1.54) is 17.2 Å². The monoisotopic (exact) mass is 275 g/mol. The molecule has 0 atom stereocenters. The molecule has 2 aromatic carbocycles. The minimum absolute atomic E-state index is 0.153. The minimum Gasteiger partial charge on any atom is -0.330 e. The third-order valence-corrected chi connectivity index (χ3v) is 4.26. The van der Waals surface area contributed by atoms with E-state index in [4.69, 9.17) is 5.73 Å². The van der Waals surface area contributed by atoms with Crippen LogP contribution in [0.1, 0.15) is 16.7 Å². The lowest BCUT2D eigenvalue weighted by molar-refractivity contribution is 0.603. The molecule has 3 heteroatoms. The highest BCUT2D eigenvalue weighted by Gasteiger charge is 2.08. The van der Waals surface area contributed by atoms with Crippen molar-refractivity contribution in [3.05, 3.63) is 65.0 Å². The Labute approximate surface area is 118 Å². The Morgan fingerprint density at radius 3 is 2.63 bits per heavy atom. The lowest BCUT2D eigenvalue weighted by Gasteiger charge is -2.10. The quantitative estimate of drug-likeness (QED) is 0.837. The summed E-state index contributed by atoms with van der Waals surface area (Å²) in [5, 5.41) is 0. The Morgan fingerprint density at radius 1 is 1.11 bits per heavy atom. The van der Waals surface area contributed by atoms with Crippen molar-refractivity contribution in [2.45, 2.75) is 24.0 Å². The standard InChI is InChI=1S/C16H18FNS/c1-12-5-2-3-6-13(12)11-19-16-8-4-7-15(17)14(16)9-10-18/h2-8H,9-11,18H2,1H3. The van der Waals surface area contributed by atoms with Crippen LogP contribution in [0.2, 0.25) is 0 Å². The topological polar surface area (TPSA) is 26.0 Å². The summed E-state index contributed by atoms with van der Waals surface area (Å²) in [5.74, 6) is 0.702. The first-order valence-electron chi connectivity index (χ1n) is 6.37. The van der Waals surface area contributed by atoms with E-state index in [9.17, 15) is 4.39 Å². The van der Waals surface area contributed by atoms with Gasteiger partial charge >= 0.3 is 0 Å². The molecular weight excluding hydrogens is 257 g/mol. The summed E-state index contributed by atoms with van der Waals surface area (Å²) in [6.07, 6.45) is 0.586. The van der Waals surface area contributed by atoms with Gasteiger partial charge in [0, 0.05) is 16.2 Å². The van der Waals surface area contributed by atoms with Crippen molar-refractivity contribution in [1.82, 2.24) is 0 Å². The fourth-order valence-electron chi connectivity index (χ4n) is 1.99. The maximum Gasteiger partial charge on any atom is 0.127 e. The lowest BCUT2D eigenvalue weighted by atomic mass is 10.1. The van der Waals surface area contributed by atoms with Crippen molar-refractivity contribution >= 4 is 11.8 Å². The first-order chi connectivity index (χ1) is 9.22. The number of rotatable bonds is 5. The van der Waals surface area contributed by atoms with Crippen molar-refractivity contribution in [1.29, 1.82) is 0 Å². The van der Waals surface area contributed by atoms with Gasteiger partial charge in [0.1, 0.15) is 5.82 Å². The first-order valence-corrected chi connectivity index (χ1v) is 7.35. The van der Waals surface area contributed by atoms with Crippen LogP contribution in [-0.2, 0) is 12.2 Å². The molecule has 0 fully saturated rings. The predicted octanol–water partition coefficient (Wildman–Crippen LogP) is 3.93. The molecule has 0 heterocycles. The summed E-state index contributed by atoms with van der Waals surface area (Å²) in [4.78, 5) is 0.994. The van der Waals surface area contributed by atoms with Gasteiger partial charge in [0.2, 0.25) is 0 Å². The molecule has 0 aliphatic rings. The van der Waals surface area contributed by atoms with Crippen molar-refractivity contribution < 1.29 is 4.39 Å². The van der Waals surface area contributed by atoms with E-state index in [1.807, 2.05) is 18.2 Å². The normalized spacial score (nSPS) is 10.7. The summed E-state index contributed by atoms with van der Waals surface area (Å²) in [5.41, 5.74) is 8.85. The molecule has 2 N–H and O–H groups in total. The third kappa shape index (κ3) is 3.58. The SMILES string of the molecule is Cc1ccccc1CSc1cccc(F)c1CCN. The van der Waals surface area contributed by atoms with Crippen LogP contribution in [0.3, 0.4) is 0 Å². The van der Waals surface area contributed by atoms with Gasteiger partial charge in [0.25, 0.3) is 0 Å². The van der Waals surface area contributed by atoms with E-state index in [0.717, 1.165) is 16.2 Å². The number of hydrogen-bond donors (Lipinski definition) is 1. The Balaban J connectivity index is 2.16. The van der Waals surface area contributed by atoms with Gasteiger partial charge in [-0.3, -0.25) is 0 Å². The van der Waals surface area contributed by atoms with E-state index in [2.05, 4.69) is 19.1 Å². The van der Waals surface area contributed by atoms with E-state index in [0.29, 0.717) is 13.0 Å². The molecule has 0 aliphatic heterocycles. The maximum absolute atomic E-state index is 13.8. The Morgan fingerprint density at radius 2 is 1.89 bits per heavy atom. The molecule has 0 unspecified atom stereocenters. The van der Waals surface area contributed by atoms with Gasteiger partial charge in [0.05, 0.1) is 0 Å². The average molecular weight is 275 g/mol. The van der Waals surface area contributed by atoms with Crippen molar-refractivity contribution in [2.75, 3.05) is 6.54 Å². The smallest absolute Gasteiger partial charge is 0.127 e. The lowest BCUT2D eigenvalue weighted by Crippen LogP contribution is -2.05. The maximum atomic E-state index is 13.8. The summed E-state index contributed by atoms with van der Waals surface area (Å²) < 4.78 is 13.8. The van der Waals surface area contributed by atoms with Gasteiger partial charge in [-0.25, -0.2) is 4.39 Å². The van der Waals surface area contributed by atoms with Crippen LogP contribution in [0.5, 0.6) is 0 Å². The average Bonchev–Trinajstić information content (AvgIpc) is 2.41. The van der Waals surface area contributed by atoms with Gasteiger partial charge < -0.3 is 5.73 Å². The number of hydrogen-bond acceptors (Lipinski definition) is 2. The Bertz CT molecular complexity index is 554. The fraction of sp³-hybridized carbons (Fsp3) is 0.250. The molecule has 0 amide bonds.